The lowest BCUT2D eigenvalue weighted by Gasteiger charge is -2.60. The molecule has 0 spiro atoms. The van der Waals surface area contributed by atoms with Gasteiger partial charge < -0.3 is 38.9 Å². The van der Waals surface area contributed by atoms with Gasteiger partial charge in [0.15, 0.2) is 6.29 Å². The maximum absolute atomic E-state index is 15.0. The van der Waals surface area contributed by atoms with Crippen LogP contribution in [0.15, 0.2) is 108 Å². The Morgan fingerprint density at radius 3 is 2.48 bits per heavy atom. The maximum atomic E-state index is 15.0. The Hall–Kier alpha value is -5.49. The minimum absolute atomic E-state index is 0.0500. The number of carbonyl (C=O) groups is 2. The summed E-state index contributed by atoms with van der Waals surface area (Å²) >= 11 is 0. The molecule has 4 aliphatic rings. The number of fused-ring (bicyclic) bond motifs is 3. The van der Waals surface area contributed by atoms with Gasteiger partial charge in [-0.15, -0.1) is 6.58 Å². The lowest BCUT2D eigenvalue weighted by molar-refractivity contribution is -0.258. The zero-order chi connectivity index (χ0) is 43.9. The molecule has 0 radical (unpaired) electrons. The predicted octanol–water partition coefficient (Wildman–Crippen LogP) is 9.55. The third-order valence-electron chi connectivity index (χ3n) is 13.3. The normalized spacial score (nSPS) is 24.1. The Bertz CT molecular complexity index is 2330. The van der Waals surface area contributed by atoms with E-state index in [1.165, 1.54) is 7.11 Å². The zero-order valence-corrected chi connectivity index (χ0v) is 36.5. The van der Waals surface area contributed by atoms with Crippen molar-refractivity contribution >= 4 is 28.7 Å². The number of nitrogens with zero attached hydrogens (tertiary/aromatic N) is 2. The first-order chi connectivity index (χ1) is 30.9. The van der Waals surface area contributed by atoms with Crippen LogP contribution in [0.4, 0.5) is 0 Å². The standard InChI is InChI=1S/C52H60N2O9/c1-4-27-60-52-48(54(51(58)35-19-20-35)32-37-16-12-15-34-13-6-7-17-41(34)37)31-45(53-61-5-2)43-29-36(14-8-10-25-55)42(18-9-11-26-56)49(50(43)52)44-30-40(22-24-47(44)63-52)62-39-21-23-46(59-3)38(28-39)33-57/h4,6-7,12-13,15-17,21-24,28-30,33,35-36,42,48-50,55-56H,1,5,8-11,14,18-20,25-27,31-32H2,2-3H3. The molecule has 1 heterocycles. The Balaban J connectivity index is 1.34. The molecule has 2 saturated carbocycles. The largest absolute Gasteiger partial charge is 0.496 e. The topological polar surface area (TPSA) is 136 Å². The van der Waals surface area contributed by atoms with Crippen molar-refractivity contribution in [2.75, 3.05) is 33.5 Å². The fourth-order valence-corrected chi connectivity index (χ4v) is 10.4. The number of benzene rings is 4. The van der Waals surface area contributed by atoms with E-state index >= 15 is 4.79 Å². The van der Waals surface area contributed by atoms with Crippen LogP contribution >= 0.6 is 0 Å². The smallest absolute Gasteiger partial charge is 0.239 e. The second-order valence-electron chi connectivity index (χ2n) is 17.2. The van der Waals surface area contributed by atoms with Crippen molar-refractivity contribution in [3.8, 4) is 23.0 Å². The molecule has 4 aromatic carbocycles. The van der Waals surface area contributed by atoms with Crippen LogP contribution in [0.25, 0.3) is 10.8 Å². The number of methoxy groups -OCH3 is 1. The fraction of sp³-hybridized carbons (Fsp3) is 0.442. The van der Waals surface area contributed by atoms with Crippen molar-refractivity contribution in [1.82, 2.24) is 4.90 Å². The number of carbonyl (C=O) groups excluding carboxylic acids is 2. The van der Waals surface area contributed by atoms with Gasteiger partial charge in [-0.25, -0.2) is 0 Å². The average molecular weight is 857 g/mol. The summed E-state index contributed by atoms with van der Waals surface area (Å²) < 4.78 is 26.6. The molecular weight excluding hydrogens is 797 g/mol. The molecule has 2 N–H and O–H groups in total. The Labute approximate surface area is 370 Å². The summed E-state index contributed by atoms with van der Waals surface area (Å²) in [6.07, 6.45) is 11.4. The molecule has 4 aromatic rings. The molecule has 11 heteroatoms. The second kappa shape index (κ2) is 19.9. The molecule has 1 amide bonds. The first-order valence-corrected chi connectivity index (χ1v) is 22.7. The number of allylic oxidation sites excluding steroid dienone is 1. The van der Waals surface area contributed by atoms with Crippen molar-refractivity contribution in [1.29, 1.82) is 0 Å². The van der Waals surface area contributed by atoms with Crippen LogP contribution in [0.5, 0.6) is 23.0 Å². The highest BCUT2D eigenvalue weighted by Gasteiger charge is 2.66. The predicted molar refractivity (Wildman–Crippen MR) is 242 cm³/mol. The van der Waals surface area contributed by atoms with Gasteiger partial charge in [-0.3, -0.25) is 9.59 Å². The van der Waals surface area contributed by atoms with Crippen molar-refractivity contribution in [2.24, 2.45) is 28.8 Å². The van der Waals surface area contributed by atoms with Gasteiger partial charge >= 0.3 is 0 Å². The molecule has 1 aliphatic heterocycles. The van der Waals surface area contributed by atoms with E-state index in [0.29, 0.717) is 61.0 Å². The molecular formula is C52H60N2O9. The van der Waals surface area contributed by atoms with Gasteiger partial charge in [0, 0.05) is 43.6 Å². The number of aliphatic hydroxyl groups is 2. The molecule has 0 aromatic heterocycles. The molecule has 6 unspecified atom stereocenters. The summed E-state index contributed by atoms with van der Waals surface area (Å²) in [4.78, 5) is 34.9. The van der Waals surface area contributed by atoms with E-state index in [0.717, 1.165) is 78.0 Å². The zero-order valence-electron chi connectivity index (χ0n) is 36.5. The summed E-state index contributed by atoms with van der Waals surface area (Å²) in [5.74, 6) is 0.205. The van der Waals surface area contributed by atoms with Crippen LogP contribution < -0.4 is 14.2 Å². The Kier molecular flexibility index (Phi) is 13.9. The van der Waals surface area contributed by atoms with Crippen LogP contribution in [-0.4, -0.2) is 78.4 Å². The van der Waals surface area contributed by atoms with Gasteiger partial charge in [0.2, 0.25) is 11.7 Å². The number of ether oxygens (including phenoxy) is 4. The number of aldehydes is 1. The number of hydrogen-bond acceptors (Lipinski definition) is 10. The number of oxime groups is 1. The summed E-state index contributed by atoms with van der Waals surface area (Å²) in [6.45, 7) is 7.08. The average Bonchev–Trinajstić information content (AvgIpc) is 4.17. The molecule has 8 rings (SSSR count). The Morgan fingerprint density at radius 1 is 0.968 bits per heavy atom. The maximum Gasteiger partial charge on any atom is 0.239 e. The molecule has 2 fully saturated rings. The second-order valence-corrected chi connectivity index (χ2v) is 17.2. The van der Waals surface area contributed by atoms with Crippen LogP contribution in [-0.2, 0) is 20.9 Å². The van der Waals surface area contributed by atoms with Crippen LogP contribution in [0.1, 0.15) is 92.1 Å². The molecule has 332 valence electrons. The number of unbranched alkanes of at least 4 members (excludes halogenated alkanes) is 2. The highest BCUT2D eigenvalue weighted by molar-refractivity contribution is 6.03. The van der Waals surface area contributed by atoms with Gasteiger partial charge in [-0.1, -0.05) is 72.6 Å². The third-order valence-corrected chi connectivity index (χ3v) is 13.3. The summed E-state index contributed by atoms with van der Waals surface area (Å²) in [6, 6.07) is 24.9. The highest BCUT2D eigenvalue weighted by atomic mass is 16.7. The minimum Gasteiger partial charge on any atom is -0.496 e. The summed E-state index contributed by atoms with van der Waals surface area (Å²) in [5, 5.41) is 27.0. The molecule has 63 heavy (non-hydrogen) atoms. The van der Waals surface area contributed by atoms with Crippen LogP contribution in [0, 0.1) is 23.7 Å². The summed E-state index contributed by atoms with van der Waals surface area (Å²) in [5.41, 5.74) is 4.09. The van der Waals surface area contributed by atoms with E-state index in [9.17, 15) is 15.0 Å². The molecule has 3 aliphatic carbocycles. The van der Waals surface area contributed by atoms with Gasteiger partial charge in [-0.05, 0) is 116 Å². The van der Waals surface area contributed by atoms with E-state index in [1.54, 1.807) is 24.3 Å². The van der Waals surface area contributed by atoms with Crippen molar-refractivity contribution < 1.29 is 43.6 Å². The van der Waals surface area contributed by atoms with E-state index < -0.39 is 17.7 Å². The van der Waals surface area contributed by atoms with E-state index in [2.05, 4.69) is 43.0 Å². The van der Waals surface area contributed by atoms with Crippen molar-refractivity contribution in [3.63, 3.8) is 0 Å². The number of aliphatic hydroxyl groups excluding tert-OH is 2. The lowest BCUT2D eigenvalue weighted by Crippen LogP contribution is -2.70. The first-order valence-electron chi connectivity index (χ1n) is 22.7. The van der Waals surface area contributed by atoms with Crippen molar-refractivity contribution in [3.05, 3.63) is 120 Å². The van der Waals surface area contributed by atoms with Crippen LogP contribution in [0.2, 0.25) is 0 Å². The molecule has 11 nitrogen and oxygen atoms in total. The first kappa shape index (κ1) is 44.1. The third kappa shape index (κ3) is 9.01. The van der Waals surface area contributed by atoms with Crippen LogP contribution in [0.3, 0.4) is 0 Å². The van der Waals surface area contributed by atoms with Gasteiger partial charge in [0.1, 0.15) is 35.6 Å². The number of rotatable bonds is 21. The van der Waals surface area contributed by atoms with Gasteiger partial charge in [0.25, 0.3) is 0 Å². The lowest BCUT2D eigenvalue weighted by atomic mass is 9.55. The monoisotopic (exact) mass is 856 g/mol. The fourth-order valence-electron chi connectivity index (χ4n) is 10.4. The van der Waals surface area contributed by atoms with Crippen molar-refractivity contribution in [2.45, 2.75) is 89.0 Å². The van der Waals surface area contributed by atoms with E-state index in [1.807, 2.05) is 42.2 Å². The van der Waals surface area contributed by atoms with E-state index in [4.69, 9.17) is 28.9 Å². The molecule has 0 bridgehead atoms. The quantitative estimate of drug-likeness (QED) is 0.0364. The Morgan fingerprint density at radius 2 is 1.73 bits per heavy atom. The minimum atomic E-state index is -1.37. The molecule has 0 saturated heterocycles. The van der Waals surface area contributed by atoms with Gasteiger partial charge in [0.05, 0.1) is 30.9 Å². The highest BCUT2D eigenvalue weighted by Crippen LogP contribution is 2.62. The number of hydrogen-bond donors (Lipinski definition) is 2. The van der Waals surface area contributed by atoms with E-state index in [-0.39, 0.29) is 49.4 Å². The number of amides is 1. The SMILES string of the molecule is C=CCOC12Oc3ccc(Oc4ccc(OC)c(C=O)c4)cc3C3C(CCCCO)C(CCCCO)C=C(C(=NOCC)CC1N(Cc1cccc4ccccc14)C(=O)C1CC1)C32. The molecule has 6 atom stereocenters. The van der Waals surface area contributed by atoms with Gasteiger partial charge in [-0.2, -0.15) is 0 Å². The summed E-state index contributed by atoms with van der Waals surface area (Å²) in [7, 11) is 1.52.